The topological polar surface area (TPSA) is 50.2 Å². The molecule has 0 spiro atoms. The van der Waals surface area contributed by atoms with Gasteiger partial charge in [-0.15, -0.1) is 11.3 Å². The minimum absolute atomic E-state index is 0.00215. The molecule has 6 heteroatoms. The summed E-state index contributed by atoms with van der Waals surface area (Å²) in [5, 5.41) is 8.97. The molecule has 0 atom stereocenters. The minimum Gasteiger partial charge on any atom is -0.478 e. The Morgan fingerprint density at radius 3 is 2.86 bits per heavy atom. The SMILES string of the molecule is O=C(O)c1cnc2cc(Cl)sc2c1Cl. The number of aromatic carboxylic acids is 1. The van der Waals surface area contributed by atoms with Crippen LogP contribution in [0.25, 0.3) is 10.2 Å². The van der Waals surface area contributed by atoms with Crippen molar-refractivity contribution in [1.29, 1.82) is 0 Å². The Labute approximate surface area is 92.9 Å². The molecule has 0 bridgehead atoms. The summed E-state index contributed by atoms with van der Waals surface area (Å²) in [6.07, 6.45) is 1.23. The van der Waals surface area contributed by atoms with Crippen molar-refractivity contribution in [3.05, 3.63) is 27.2 Å². The average molecular weight is 248 g/mol. The highest BCUT2D eigenvalue weighted by molar-refractivity contribution is 7.23. The molecule has 2 aromatic heterocycles. The van der Waals surface area contributed by atoms with E-state index in [4.69, 9.17) is 28.3 Å². The highest BCUT2D eigenvalue weighted by Crippen LogP contribution is 2.34. The molecule has 0 aliphatic rings. The van der Waals surface area contributed by atoms with Crippen LogP contribution < -0.4 is 0 Å². The van der Waals surface area contributed by atoms with Crippen LogP contribution in [0.3, 0.4) is 0 Å². The fraction of sp³-hybridized carbons (Fsp3) is 0. The summed E-state index contributed by atoms with van der Waals surface area (Å²) in [6.45, 7) is 0. The van der Waals surface area contributed by atoms with E-state index in [0.29, 0.717) is 14.6 Å². The molecule has 14 heavy (non-hydrogen) atoms. The van der Waals surface area contributed by atoms with Gasteiger partial charge in [-0.25, -0.2) is 4.79 Å². The van der Waals surface area contributed by atoms with Crippen LogP contribution in [0.15, 0.2) is 12.3 Å². The van der Waals surface area contributed by atoms with Crippen molar-refractivity contribution in [3.8, 4) is 0 Å². The van der Waals surface area contributed by atoms with Crippen molar-refractivity contribution >= 4 is 50.7 Å². The maximum absolute atomic E-state index is 10.7. The van der Waals surface area contributed by atoms with Gasteiger partial charge in [0, 0.05) is 6.20 Å². The largest absolute Gasteiger partial charge is 0.478 e. The number of pyridine rings is 1. The van der Waals surface area contributed by atoms with E-state index in [0.717, 1.165) is 0 Å². The van der Waals surface area contributed by atoms with Gasteiger partial charge in [0.15, 0.2) is 0 Å². The summed E-state index contributed by atoms with van der Waals surface area (Å²) in [5.41, 5.74) is 0.618. The zero-order valence-corrected chi connectivity index (χ0v) is 8.95. The van der Waals surface area contributed by atoms with Crippen LogP contribution in [-0.4, -0.2) is 16.1 Å². The first kappa shape index (κ1) is 9.71. The predicted octanol–water partition coefficient (Wildman–Crippen LogP) is 3.30. The molecular formula is C8H3Cl2NO2S. The van der Waals surface area contributed by atoms with E-state index in [1.54, 1.807) is 6.07 Å². The minimum atomic E-state index is -1.09. The molecule has 0 unspecified atom stereocenters. The van der Waals surface area contributed by atoms with Crippen LogP contribution in [0, 0.1) is 0 Å². The Kier molecular flexibility index (Phi) is 2.34. The van der Waals surface area contributed by atoms with E-state index < -0.39 is 5.97 Å². The van der Waals surface area contributed by atoms with Gasteiger partial charge in [-0.05, 0) is 6.07 Å². The summed E-state index contributed by atoms with van der Waals surface area (Å²) >= 11 is 12.9. The van der Waals surface area contributed by atoms with Gasteiger partial charge in [-0.1, -0.05) is 23.2 Å². The lowest BCUT2D eigenvalue weighted by Gasteiger charge is -1.97. The zero-order chi connectivity index (χ0) is 10.3. The Hall–Kier alpha value is -0.840. The third-order valence-electron chi connectivity index (χ3n) is 1.68. The quantitative estimate of drug-likeness (QED) is 0.842. The molecule has 0 aromatic carbocycles. The van der Waals surface area contributed by atoms with E-state index >= 15 is 0 Å². The molecule has 0 aliphatic carbocycles. The van der Waals surface area contributed by atoms with Crippen molar-refractivity contribution in [1.82, 2.24) is 4.98 Å². The van der Waals surface area contributed by atoms with Crippen LogP contribution in [0.5, 0.6) is 0 Å². The Bertz CT molecular complexity index is 523. The summed E-state index contributed by atoms with van der Waals surface area (Å²) in [6, 6.07) is 1.65. The maximum Gasteiger partial charge on any atom is 0.338 e. The first-order valence-corrected chi connectivity index (χ1v) is 5.13. The van der Waals surface area contributed by atoms with Crippen molar-refractivity contribution in [3.63, 3.8) is 0 Å². The molecule has 2 rings (SSSR count). The lowest BCUT2D eigenvalue weighted by atomic mass is 10.2. The second-order valence-corrected chi connectivity index (χ2v) is 4.62. The number of hydrogen-bond acceptors (Lipinski definition) is 3. The van der Waals surface area contributed by atoms with Crippen LogP contribution in [-0.2, 0) is 0 Å². The van der Waals surface area contributed by atoms with Gasteiger partial charge >= 0.3 is 5.97 Å². The second-order valence-electron chi connectivity index (χ2n) is 2.56. The van der Waals surface area contributed by atoms with Gasteiger partial charge in [0.2, 0.25) is 0 Å². The monoisotopic (exact) mass is 247 g/mol. The number of carboxylic acids is 1. The third-order valence-corrected chi connectivity index (χ3v) is 3.46. The molecule has 0 aliphatic heterocycles. The first-order valence-electron chi connectivity index (χ1n) is 3.56. The predicted molar refractivity (Wildman–Crippen MR) is 56.6 cm³/mol. The van der Waals surface area contributed by atoms with Crippen LogP contribution in [0.4, 0.5) is 0 Å². The van der Waals surface area contributed by atoms with Crippen molar-refractivity contribution in [2.24, 2.45) is 0 Å². The average Bonchev–Trinajstić information content (AvgIpc) is 2.46. The molecular weight excluding hydrogens is 245 g/mol. The molecule has 0 fully saturated rings. The third kappa shape index (κ3) is 1.45. The highest BCUT2D eigenvalue weighted by atomic mass is 35.5. The van der Waals surface area contributed by atoms with E-state index in [2.05, 4.69) is 4.98 Å². The smallest absolute Gasteiger partial charge is 0.338 e. The van der Waals surface area contributed by atoms with Gasteiger partial charge in [0.1, 0.15) is 0 Å². The van der Waals surface area contributed by atoms with E-state index in [-0.39, 0.29) is 10.6 Å². The number of carboxylic acid groups (broad SMARTS) is 1. The first-order chi connectivity index (χ1) is 6.59. The normalized spacial score (nSPS) is 10.7. The number of carbonyl (C=O) groups is 1. The summed E-state index contributed by atoms with van der Waals surface area (Å²) in [7, 11) is 0. The van der Waals surface area contributed by atoms with Crippen molar-refractivity contribution in [2.75, 3.05) is 0 Å². The van der Waals surface area contributed by atoms with E-state index in [1.807, 2.05) is 0 Å². The van der Waals surface area contributed by atoms with Crippen molar-refractivity contribution in [2.45, 2.75) is 0 Å². The number of thiophene rings is 1. The summed E-state index contributed by atoms with van der Waals surface area (Å²) < 4.78 is 1.15. The maximum atomic E-state index is 10.7. The van der Waals surface area contributed by atoms with Crippen LogP contribution in [0.2, 0.25) is 9.36 Å². The fourth-order valence-corrected chi connectivity index (χ4v) is 2.53. The molecule has 0 saturated heterocycles. The molecule has 1 N–H and O–H groups in total. The fourth-order valence-electron chi connectivity index (χ4n) is 1.07. The standard InChI is InChI=1S/C8H3Cl2NO2S/c9-5-1-4-7(14-5)6(10)3(2-11-4)8(12)13/h1-2H,(H,12,13). The van der Waals surface area contributed by atoms with Crippen molar-refractivity contribution < 1.29 is 9.90 Å². The zero-order valence-electron chi connectivity index (χ0n) is 6.62. The number of nitrogens with zero attached hydrogens (tertiary/aromatic N) is 1. The van der Waals surface area contributed by atoms with Gasteiger partial charge in [-0.3, -0.25) is 4.98 Å². The Balaban J connectivity index is 2.80. The van der Waals surface area contributed by atoms with Gasteiger partial charge in [-0.2, -0.15) is 0 Å². The molecule has 0 amide bonds. The Morgan fingerprint density at radius 2 is 2.21 bits per heavy atom. The number of halogens is 2. The number of aromatic nitrogens is 1. The Morgan fingerprint density at radius 1 is 1.50 bits per heavy atom. The molecule has 3 nitrogen and oxygen atoms in total. The summed E-state index contributed by atoms with van der Waals surface area (Å²) in [5.74, 6) is -1.09. The molecule has 2 aromatic rings. The number of fused-ring (bicyclic) bond motifs is 1. The van der Waals surface area contributed by atoms with Crippen LogP contribution in [0.1, 0.15) is 10.4 Å². The lowest BCUT2D eigenvalue weighted by Crippen LogP contribution is -1.97. The van der Waals surface area contributed by atoms with E-state index in [9.17, 15) is 4.79 Å². The molecule has 0 radical (unpaired) electrons. The molecule has 72 valence electrons. The highest BCUT2D eigenvalue weighted by Gasteiger charge is 2.14. The van der Waals surface area contributed by atoms with Gasteiger partial charge in [0.25, 0.3) is 0 Å². The van der Waals surface area contributed by atoms with E-state index in [1.165, 1.54) is 17.5 Å². The van der Waals surface area contributed by atoms with Crippen LogP contribution >= 0.6 is 34.5 Å². The lowest BCUT2D eigenvalue weighted by molar-refractivity contribution is 0.0697. The van der Waals surface area contributed by atoms with Gasteiger partial charge in [0.05, 0.1) is 25.1 Å². The molecule has 2 heterocycles. The van der Waals surface area contributed by atoms with Gasteiger partial charge < -0.3 is 5.11 Å². The second kappa shape index (κ2) is 3.38. The number of rotatable bonds is 1. The summed E-state index contributed by atoms with van der Waals surface area (Å²) in [4.78, 5) is 14.7. The molecule has 0 saturated carbocycles. The number of hydrogen-bond donors (Lipinski definition) is 1.